The van der Waals surface area contributed by atoms with Crippen LogP contribution in [0, 0.1) is 0 Å². The van der Waals surface area contributed by atoms with Gasteiger partial charge in [-0.2, -0.15) is 0 Å². The summed E-state index contributed by atoms with van der Waals surface area (Å²) in [6.45, 7) is 4.91. The third kappa shape index (κ3) is 65.1. The van der Waals surface area contributed by atoms with E-state index >= 15 is 0 Å². The summed E-state index contributed by atoms with van der Waals surface area (Å²) in [7, 11) is 0. The number of hydrogen-bond donors (Lipinski definition) is 3. The van der Waals surface area contributed by atoms with E-state index in [2.05, 4.69) is 43.5 Å². The zero-order valence-electron chi connectivity index (χ0n) is 53.4. The Morgan fingerprint density at radius 2 is 0.595 bits per heavy atom. The van der Waals surface area contributed by atoms with Gasteiger partial charge in [-0.25, -0.2) is 0 Å². The van der Waals surface area contributed by atoms with Crippen LogP contribution in [0.3, 0.4) is 0 Å². The minimum atomic E-state index is -0.843. The molecule has 0 aliphatic carbocycles. The molecule has 0 fully saturated rings. The molecular formula is C73H139NO5. The molecule has 0 spiro atoms. The fourth-order valence-corrected chi connectivity index (χ4v) is 11.2. The van der Waals surface area contributed by atoms with Gasteiger partial charge >= 0.3 is 5.97 Å². The highest BCUT2D eigenvalue weighted by Crippen LogP contribution is 2.18. The first-order chi connectivity index (χ1) is 39.0. The van der Waals surface area contributed by atoms with Crippen molar-refractivity contribution in [3.05, 3.63) is 36.5 Å². The van der Waals surface area contributed by atoms with Crippen molar-refractivity contribution >= 4 is 11.9 Å². The lowest BCUT2D eigenvalue weighted by atomic mass is 10.0. The predicted molar refractivity (Wildman–Crippen MR) is 347 cm³/mol. The molecule has 0 aliphatic rings. The van der Waals surface area contributed by atoms with Crippen LogP contribution in [0.1, 0.15) is 393 Å². The van der Waals surface area contributed by atoms with E-state index in [0.717, 1.165) is 44.9 Å². The van der Waals surface area contributed by atoms with Gasteiger partial charge in [0.05, 0.1) is 25.4 Å². The Balaban J connectivity index is 3.38. The van der Waals surface area contributed by atoms with Crippen molar-refractivity contribution in [2.24, 2.45) is 0 Å². The fourth-order valence-electron chi connectivity index (χ4n) is 11.2. The normalized spacial score (nSPS) is 12.7. The third-order valence-corrected chi connectivity index (χ3v) is 16.6. The molecule has 3 N–H and O–H groups in total. The fraction of sp³-hybridized carbons (Fsp3) is 0.890. The molecule has 0 aliphatic heterocycles. The van der Waals surface area contributed by atoms with Crippen molar-refractivity contribution in [2.75, 3.05) is 13.2 Å². The highest BCUT2D eigenvalue weighted by Gasteiger charge is 2.18. The molecular weight excluding hydrogens is 971 g/mol. The van der Waals surface area contributed by atoms with E-state index in [1.807, 2.05) is 6.08 Å². The zero-order chi connectivity index (χ0) is 57.1. The monoisotopic (exact) mass is 1110 g/mol. The van der Waals surface area contributed by atoms with Crippen molar-refractivity contribution in [2.45, 2.75) is 405 Å². The SMILES string of the molecule is CCCCC/C=C\CCCCCCCC(=O)OCCCCCCCCCCCCCC/C=C\CCCCCCCCCCCCCCCCCCC(=O)NC(CO)C(O)/C=C/CCCCCCCCCCCCCCCCCC. The van der Waals surface area contributed by atoms with Crippen LogP contribution in [0.4, 0.5) is 0 Å². The summed E-state index contributed by atoms with van der Waals surface area (Å²) in [5.41, 5.74) is 0. The molecule has 0 aromatic rings. The molecule has 466 valence electrons. The summed E-state index contributed by atoms with van der Waals surface area (Å²) in [6, 6.07) is -0.626. The van der Waals surface area contributed by atoms with Gasteiger partial charge in [0.15, 0.2) is 0 Å². The first-order valence-electron chi connectivity index (χ1n) is 35.8. The Kier molecular flexibility index (Phi) is 66.9. The van der Waals surface area contributed by atoms with E-state index in [1.54, 1.807) is 6.08 Å². The smallest absolute Gasteiger partial charge is 0.305 e. The number of nitrogens with one attached hydrogen (secondary N) is 1. The maximum atomic E-state index is 12.5. The van der Waals surface area contributed by atoms with Crippen molar-refractivity contribution in [1.82, 2.24) is 5.32 Å². The van der Waals surface area contributed by atoms with E-state index in [0.29, 0.717) is 19.4 Å². The van der Waals surface area contributed by atoms with Gasteiger partial charge in [0.25, 0.3) is 0 Å². The van der Waals surface area contributed by atoms with E-state index in [4.69, 9.17) is 4.74 Å². The average molecular weight is 1110 g/mol. The van der Waals surface area contributed by atoms with Gasteiger partial charge in [-0.05, 0) is 83.5 Å². The highest BCUT2D eigenvalue weighted by molar-refractivity contribution is 5.76. The first kappa shape index (κ1) is 77.1. The quantitative estimate of drug-likeness (QED) is 0.0320. The van der Waals surface area contributed by atoms with Crippen LogP contribution in [0.25, 0.3) is 0 Å². The van der Waals surface area contributed by atoms with E-state index in [9.17, 15) is 19.8 Å². The van der Waals surface area contributed by atoms with Crippen LogP contribution in [0.2, 0.25) is 0 Å². The molecule has 2 atom stereocenters. The second kappa shape index (κ2) is 68.6. The van der Waals surface area contributed by atoms with Gasteiger partial charge in [0, 0.05) is 12.8 Å². The Bertz CT molecular complexity index is 1280. The van der Waals surface area contributed by atoms with Gasteiger partial charge in [-0.3, -0.25) is 9.59 Å². The number of rotatable bonds is 67. The van der Waals surface area contributed by atoms with Crippen LogP contribution >= 0.6 is 0 Å². The molecule has 0 heterocycles. The maximum absolute atomic E-state index is 12.5. The molecule has 0 rings (SSSR count). The molecule has 0 aromatic carbocycles. The van der Waals surface area contributed by atoms with E-state index < -0.39 is 12.1 Å². The summed E-state index contributed by atoms with van der Waals surface area (Å²) in [5, 5.41) is 23.2. The van der Waals surface area contributed by atoms with Gasteiger partial charge in [0.2, 0.25) is 5.91 Å². The largest absolute Gasteiger partial charge is 0.466 e. The minimum Gasteiger partial charge on any atom is -0.466 e. The Labute approximate surface area is 494 Å². The predicted octanol–water partition coefficient (Wildman–Crippen LogP) is 23.1. The number of carbonyl (C=O) groups excluding carboxylic acids is 2. The van der Waals surface area contributed by atoms with Crippen LogP contribution in [-0.2, 0) is 14.3 Å². The second-order valence-corrected chi connectivity index (χ2v) is 24.6. The molecule has 6 heteroatoms. The number of aliphatic hydroxyl groups is 2. The standard InChI is InChI=1S/C73H139NO5/c1-3-5-7-9-11-13-15-17-18-19-36-39-42-45-49-53-57-61-65-71(76)70(69-75)74-72(77)66-62-58-54-50-46-43-40-37-34-32-30-28-26-24-22-20-21-23-25-27-29-31-33-35-38-41-44-48-52-56-60-64-68-79-73(78)67-63-59-55-51-47-16-14-12-10-8-6-4-2/h12,14,23,25,61,65,70-71,75-76H,3-11,13,15-22,24,26-60,62-64,66-69H2,1-2H3,(H,74,77)/b14-12-,25-23-,65-61+. The number of ether oxygens (including phenoxy) is 1. The molecule has 0 radical (unpaired) electrons. The van der Waals surface area contributed by atoms with Crippen molar-refractivity contribution in [3.8, 4) is 0 Å². The lowest BCUT2D eigenvalue weighted by molar-refractivity contribution is -0.143. The number of allylic oxidation sites excluding steroid dienone is 5. The summed E-state index contributed by atoms with van der Waals surface area (Å²) in [5.74, 6) is -0.0541. The second-order valence-electron chi connectivity index (χ2n) is 24.6. The number of hydrogen-bond acceptors (Lipinski definition) is 5. The summed E-state index contributed by atoms with van der Waals surface area (Å²) in [6.07, 6.45) is 88.0. The van der Waals surface area contributed by atoms with Crippen LogP contribution in [-0.4, -0.2) is 47.4 Å². The van der Waals surface area contributed by atoms with E-state index in [1.165, 1.54) is 321 Å². The average Bonchev–Trinajstić information content (AvgIpc) is 3.45. The molecule has 0 aromatic heterocycles. The lowest BCUT2D eigenvalue weighted by Crippen LogP contribution is -2.45. The van der Waals surface area contributed by atoms with Crippen molar-refractivity contribution in [1.29, 1.82) is 0 Å². The number of esters is 1. The zero-order valence-corrected chi connectivity index (χ0v) is 53.4. The molecule has 79 heavy (non-hydrogen) atoms. The summed E-state index contributed by atoms with van der Waals surface area (Å²) in [4.78, 5) is 24.5. The van der Waals surface area contributed by atoms with Gasteiger partial charge in [-0.1, -0.05) is 333 Å². The van der Waals surface area contributed by atoms with Crippen molar-refractivity contribution < 1.29 is 24.5 Å². The van der Waals surface area contributed by atoms with E-state index in [-0.39, 0.29) is 18.5 Å². The van der Waals surface area contributed by atoms with Crippen LogP contribution in [0.15, 0.2) is 36.5 Å². The Hall–Kier alpha value is -1.92. The molecule has 0 bridgehead atoms. The highest BCUT2D eigenvalue weighted by atomic mass is 16.5. The van der Waals surface area contributed by atoms with Crippen LogP contribution < -0.4 is 5.32 Å². The third-order valence-electron chi connectivity index (χ3n) is 16.6. The Morgan fingerprint density at radius 3 is 0.924 bits per heavy atom. The van der Waals surface area contributed by atoms with Crippen LogP contribution in [0.5, 0.6) is 0 Å². The van der Waals surface area contributed by atoms with Crippen molar-refractivity contribution in [3.63, 3.8) is 0 Å². The Morgan fingerprint density at radius 1 is 0.342 bits per heavy atom. The summed E-state index contributed by atoms with van der Waals surface area (Å²) >= 11 is 0. The maximum Gasteiger partial charge on any atom is 0.305 e. The number of aliphatic hydroxyl groups excluding tert-OH is 2. The van der Waals surface area contributed by atoms with Gasteiger partial charge in [-0.15, -0.1) is 0 Å². The topological polar surface area (TPSA) is 95.9 Å². The first-order valence-corrected chi connectivity index (χ1v) is 35.8. The molecule has 6 nitrogen and oxygen atoms in total. The summed E-state index contributed by atoms with van der Waals surface area (Å²) < 4.78 is 5.47. The van der Waals surface area contributed by atoms with Gasteiger partial charge in [0.1, 0.15) is 0 Å². The molecule has 0 saturated heterocycles. The number of unbranched alkanes of at least 4 members (excludes halogenated alkanes) is 52. The molecule has 0 saturated carbocycles. The molecule has 1 amide bonds. The molecule has 2 unspecified atom stereocenters. The minimum absolute atomic E-state index is 0.00807. The lowest BCUT2D eigenvalue weighted by Gasteiger charge is -2.20. The number of carbonyl (C=O) groups is 2. The number of amides is 1. The van der Waals surface area contributed by atoms with Gasteiger partial charge < -0.3 is 20.3 Å².